The van der Waals surface area contributed by atoms with Gasteiger partial charge in [0.25, 0.3) is 0 Å². The molecule has 0 bridgehead atoms. The Balaban J connectivity index is 2.14. The Morgan fingerprint density at radius 1 is 1.21 bits per heavy atom. The normalized spacial score (nSPS) is 13.0. The average molecular weight is 417 g/mol. The van der Waals surface area contributed by atoms with Gasteiger partial charge in [-0.15, -0.1) is 22.7 Å². The third-order valence-electron chi connectivity index (χ3n) is 3.06. The van der Waals surface area contributed by atoms with Gasteiger partial charge in [-0.25, -0.2) is 0 Å². The average Bonchev–Trinajstić information content (AvgIpc) is 2.99. The van der Waals surface area contributed by atoms with Gasteiger partial charge < -0.3 is 5.32 Å². The van der Waals surface area contributed by atoms with Crippen molar-refractivity contribution in [2.24, 2.45) is 0 Å². The van der Waals surface area contributed by atoms with E-state index in [1.165, 1.54) is 20.5 Å². The van der Waals surface area contributed by atoms with E-state index < -0.39 is 0 Å². The number of benzene rings is 1. The van der Waals surface area contributed by atoms with Crippen LogP contribution in [0.25, 0.3) is 10.1 Å². The van der Waals surface area contributed by atoms with Crippen molar-refractivity contribution in [2.75, 3.05) is 7.05 Å². The lowest BCUT2D eigenvalue weighted by atomic mass is 10.0. The van der Waals surface area contributed by atoms with Crippen LogP contribution in [-0.2, 0) is 0 Å². The summed E-state index contributed by atoms with van der Waals surface area (Å²) in [7, 11) is 2.01. The Morgan fingerprint density at radius 3 is 2.74 bits per heavy atom. The summed E-state index contributed by atoms with van der Waals surface area (Å²) in [4.78, 5) is 1.31. The number of hydrogen-bond acceptors (Lipinski definition) is 3. The van der Waals surface area contributed by atoms with Gasteiger partial charge in [-0.05, 0) is 67.4 Å². The van der Waals surface area contributed by atoms with Crippen LogP contribution in [0.15, 0.2) is 44.0 Å². The molecule has 0 saturated heterocycles. The van der Waals surface area contributed by atoms with E-state index in [1.54, 1.807) is 22.7 Å². The first-order valence-electron chi connectivity index (χ1n) is 5.79. The van der Waals surface area contributed by atoms with E-state index in [0.717, 1.165) is 8.26 Å². The lowest BCUT2D eigenvalue weighted by Gasteiger charge is -2.16. The molecule has 0 spiro atoms. The third-order valence-corrected chi connectivity index (χ3v) is 7.36. The predicted octanol–water partition coefficient (Wildman–Crippen LogP) is 5.80. The molecule has 3 aromatic rings. The smallest absolute Gasteiger partial charge is 0.0843 e. The van der Waals surface area contributed by atoms with Gasteiger partial charge >= 0.3 is 0 Å². The molecular weight excluding hydrogens is 406 g/mol. The van der Waals surface area contributed by atoms with E-state index in [2.05, 4.69) is 72.9 Å². The van der Waals surface area contributed by atoms with Crippen LogP contribution < -0.4 is 5.32 Å². The number of fused-ring (bicyclic) bond motifs is 1. The summed E-state index contributed by atoms with van der Waals surface area (Å²) < 4.78 is 3.62. The fourth-order valence-electron chi connectivity index (χ4n) is 2.20. The minimum Gasteiger partial charge on any atom is -0.309 e. The lowest BCUT2D eigenvalue weighted by molar-refractivity contribution is 0.710. The maximum absolute atomic E-state index is 3.57. The van der Waals surface area contributed by atoms with Crippen molar-refractivity contribution in [3.63, 3.8) is 0 Å². The van der Waals surface area contributed by atoms with Crippen molar-refractivity contribution in [3.05, 3.63) is 54.4 Å². The molecule has 0 fully saturated rings. The second kappa shape index (κ2) is 5.66. The Hall–Kier alpha value is -0.200. The van der Waals surface area contributed by atoms with Crippen LogP contribution in [-0.4, -0.2) is 7.05 Å². The number of halogens is 2. The Bertz CT molecular complexity index is 698. The summed E-state index contributed by atoms with van der Waals surface area (Å²) in [5.74, 6) is 0. The van der Waals surface area contributed by atoms with Crippen molar-refractivity contribution >= 4 is 64.6 Å². The molecule has 2 aromatic heterocycles. The van der Waals surface area contributed by atoms with Crippen LogP contribution in [0.3, 0.4) is 0 Å². The first-order valence-corrected chi connectivity index (χ1v) is 9.07. The van der Waals surface area contributed by atoms with Crippen molar-refractivity contribution in [2.45, 2.75) is 6.04 Å². The summed E-state index contributed by atoms with van der Waals surface area (Å²) in [5, 5.41) is 6.90. The summed E-state index contributed by atoms with van der Waals surface area (Å²) in [6, 6.07) is 11.1. The number of thiophene rings is 2. The standard InChI is InChI=1S/C14H11Br2NS2/c1-17-12(11-7-10(15)14(16)19-11)9-4-2-3-8-5-6-18-13(8)9/h2-7,12,17H,1H3. The molecular formula is C14H11Br2NS2. The van der Waals surface area contributed by atoms with E-state index in [9.17, 15) is 0 Å². The second-order valence-corrected chi connectivity index (χ2v) is 8.35. The highest BCUT2D eigenvalue weighted by molar-refractivity contribution is 9.13. The number of hydrogen-bond donors (Lipinski definition) is 1. The largest absolute Gasteiger partial charge is 0.309 e. The van der Waals surface area contributed by atoms with Crippen LogP contribution in [0, 0.1) is 0 Å². The number of rotatable bonds is 3. The topological polar surface area (TPSA) is 12.0 Å². The molecule has 0 aliphatic carbocycles. The van der Waals surface area contributed by atoms with E-state index in [4.69, 9.17) is 0 Å². The summed E-state index contributed by atoms with van der Waals surface area (Å²) >= 11 is 10.7. The minimum atomic E-state index is 0.231. The molecule has 0 radical (unpaired) electrons. The summed E-state index contributed by atoms with van der Waals surface area (Å²) in [5.41, 5.74) is 1.34. The van der Waals surface area contributed by atoms with Crippen molar-refractivity contribution < 1.29 is 0 Å². The molecule has 5 heteroatoms. The molecule has 19 heavy (non-hydrogen) atoms. The molecule has 98 valence electrons. The summed E-state index contributed by atoms with van der Waals surface area (Å²) in [6.45, 7) is 0. The monoisotopic (exact) mass is 415 g/mol. The quantitative estimate of drug-likeness (QED) is 0.569. The first kappa shape index (κ1) is 13.8. The zero-order chi connectivity index (χ0) is 13.4. The van der Waals surface area contributed by atoms with Gasteiger partial charge in [0.15, 0.2) is 0 Å². The minimum absolute atomic E-state index is 0.231. The molecule has 1 unspecified atom stereocenters. The second-order valence-electron chi connectivity index (χ2n) is 4.18. The molecule has 0 amide bonds. The summed E-state index contributed by atoms with van der Waals surface area (Å²) in [6.07, 6.45) is 0. The molecule has 1 N–H and O–H groups in total. The molecule has 0 aliphatic rings. The highest BCUT2D eigenvalue weighted by Crippen LogP contribution is 2.39. The van der Waals surface area contributed by atoms with Crippen LogP contribution in [0.4, 0.5) is 0 Å². The Labute approximate surface area is 136 Å². The van der Waals surface area contributed by atoms with Gasteiger partial charge in [0.1, 0.15) is 0 Å². The van der Waals surface area contributed by atoms with E-state index >= 15 is 0 Å². The zero-order valence-corrected chi connectivity index (χ0v) is 14.9. The fourth-order valence-corrected chi connectivity index (χ4v) is 5.36. The molecule has 1 aromatic carbocycles. The Kier molecular flexibility index (Phi) is 4.10. The lowest BCUT2D eigenvalue weighted by Crippen LogP contribution is -2.16. The van der Waals surface area contributed by atoms with Crippen molar-refractivity contribution in [1.82, 2.24) is 5.32 Å². The van der Waals surface area contributed by atoms with Crippen molar-refractivity contribution in [1.29, 1.82) is 0 Å². The molecule has 0 aliphatic heterocycles. The van der Waals surface area contributed by atoms with E-state index in [0.29, 0.717) is 0 Å². The third kappa shape index (κ3) is 2.54. The molecule has 1 nitrogen and oxygen atoms in total. The highest BCUT2D eigenvalue weighted by Gasteiger charge is 2.18. The maximum Gasteiger partial charge on any atom is 0.0843 e. The molecule has 1 atom stereocenters. The van der Waals surface area contributed by atoms with Gasteiger partial charge in [0.2, 0.25) is 0 Å². The SMILES string of the molecule is CNC(c1cc(Br)c(Br)s1)c1cccc2ccsc12. The van der Waals surface area contributed by atoms with Crippen LogP contribution in [0.5, 0.6) is 0 Å². The molecule has 2 heterocycles. The number of nitrogens with one attached hydrogen (secondary N) is 1. The molecule has 0 saturated carbocycles. The van der Waals surface area contributed by atoms with Crippen LogP contribution in [0.1, 0.15) is 16.5 Å². The van der Waals surface area contributed by atoms with E-state index in [-0.39, 0.29) is 6.04 Å². The van der Waals surface area contributed by atoms with Gasteiger partial charge in [0, 0.05) is 14.0 Å². The van der Waals surface area contributed by atoms with Crippen molar-refractivity contribution in [3.8, 4) is 0 Å². The first-order chi connectivity index (χ1) is 9.20. The molecule has 3 rings (SSSR count). The Morgan fingerprint density at radius 2 is 2.05 bits per heavy atom. The highest BCUT2D eigenvalue weighted by atomic mass is 79.9. The maximum atomic E-state index is 3.57. The van der Waals surface area contributed by atoms with Gasteiger partial charge in [-0.2, -0.15) is 0 Å². The zero-order valence-electron chi connectivity index (χ0n) is 10.1. The van der Waals surface area contributed by atoms with Crippen LogP contribution >= 0.6 is 54.5 Å². The predicted molar refractivity (Wildman–Crippen MR) is 92.4 cm³/mol. The van der Waals surface area contributed by atoms with Gasteiger partial charge in [-0.1, -0.05) is 18.2 Å². The fraction of sp³-hybridized carbons (Fsp3) is 0.143. The van der Waals surface area contributed by atoms with E-state index in [1.807, 2.05) is 7.05 Å². The van der Waals surface area contributed by atoms with Gasteiger partial charge in [0.05, 0.1) is 9.83 Å². The van der Waals surface area contributed by atoms with Crippen LogP contribution in [0.2, 0.25) is 0 Å². The van der Waals surface area contributed by atoms with Gasteiger partial charge in [-0.3, -0.25) is 0 Å².